The van der Waals surface area contributed by atoms with E-state index >= 15 is 0 Å². The molecule has 3 heterocycles. The van der Waals surface area contributed by atoms with Crippen LogP contribution in [0.15, 0.2) is 64.4 Å². The quantitative estimate of drug-likeness (QED) is 0.443. The fourth-order valence-corrected chi connectivity index (χ4v) is 4.41. The lowest BCUT2D eigenvalue weighted by atomic mass is 10.2. The summed E-state index contributed by atoms with van der Waals surface area (Å²) in [6.07, 6.45) is 3.12. The van der Waals surface area contributed by atoms with Gasteiger partial charge in [0.25, 0.3) is 5.56 Å². The average Bonchev–Trinajstić information content (AvgIpc) is 3.44. The summed E-state index contributed by atoms with van der Waals surface area (Å²) in [5.74, 6) is 0. The van der Waals surface area contributed by atoms with Gasteiger partial charge < -0.3 is 9.30 Å². The minimum absolute atomic E-state index is 0.170. The molecule has 0 spiro atoms. The zero-order valence-corrected chi connectivity index (χ0v) is 18.6. The zero-order valence-electron chi connectivity index (χ0n) is 17.1. The highest BCUT2D eigenvalue weighted by molar-refractivity contribution is 6.31. The fourth-order valence-electron chi connectivity index (χ4n) is 4.09. The molecule has 0 saturated carbocycles. The number of nitrogens with zero attached hydrogens (tertiary/aromatic N) is 4. The predicted octanol–water partition coefficient (Wildman–Crippen LogP) is 3.88. The van der Waals surface area contributed by atoms with Crippen LogP contribution in [0.3, 0.4) is 0 Å². The zero-order chi connectivity index (χ0) is 22.2. The lowest BCUT2D eigenvalue weighted by Gasteiger charge is -2.15. The minimum Gasteiger partial charge on any atom is -0.376 e. The molecule has 164 valence electrons. The summed E-state index contributed by atoms with van der Waals surface area (Å²) in [6, 6.07) is 14.3. The molecule has 1 aliphatic heterocycles. The molecule has 9 heteroatoms. The first-order valence-electron chi connectivity index (χ1n) is 10.3. The van der Waals surface area contributed by atoms with Crippen molar-refractivity contribution in [3.63, 3.8) is 0 Å². The van der Waals surface area contributed by atoms with E-state index in [1.165, 1.54) is 9.13 Å². The van der Waals surface area contributed by atoms with Crippen LogP contribution in [0.5, 0.6) is 0 Å². The van der Waals surface area contributed by atoms with E-state index in [-0.39, 0.29) is 18.3 Å². The lowest BCUT2D eigenvalue weighted by molar-refractivity contribution is 0.0950. The number of rotatable bonds is 5. The van der Waals surface area contributed by atoms with Gasteiger partial charge in [0.15, 0.2) is 11.2 Å². The Balaban J connectivity index is 1.73. The van der Waals surface area contributed by atoms with E-state index < -0.39 is 11.2 Å². The smallest absolute Gasteiger partial charge is 0.337 e. The molecule has 5 rings (SSSR count). The van der Waals surface area contributed by atoms with E-state index in [0.29, 0.717) is 34.4 Å². The summed E-state index contributed by atoms with van der Waals surface area (Å²) in [4.78, 5) is 31.4. The fraction of sp³-hybridized carbons (Fsp3) is 0.261. The maximum atomic E-state index is 13.5. The van der Waals surface area contributed by atoms with Crippen molar-refractivity contribution in [2.24, 2.45) is 0 Å². The van der Waals surface area contributed by atoms with Crippen LogP contribution in [0, 0.1) is 0 Å². The van der Waals surface area contributed by atoms with Gasteiger partial charge in [-0.1, -0.05) is 41.4 Å². The summed E-state index contributed by atoms with van der Waals surface area (Å²) in [5, 5.41) is 1.15. The summed E-state index contributed by atoms with van der Waals surface area (Å²) < 4.78 is 10.1. The molecule has 1 atom stereocenters. The van der Waals surface area contributed by atoms with Crippen molar-refractivity contribution in [2.45, 2.75) is 32.0 Å². The number of hydrogen-bond acceptors (Lipinski definition) is 4. The van der Waals surface area contributed by atoms with Crippen molar-refractivity contribution in [1.82, 2.24) is 18.7 Å². The van der Waals surface area contributed by atoms with Gasteiger partial charge in [-0.3, -0.25) is 9.36 Å². The van der Waals surface area contributed by atoms with E-state index in [1.54, 1.807) is 41.2 Å². The second-order valence-corrected chi connectivity index (χ2v) is 8.62. The van der Waals surface area contributed by atoms with Crippen molar-refractivity contribution in [2.75, 3.05) is 6.61 Å². The molecule has 32 heavy (non-hydrogen) atoms. The maximum absolute atomic E-state index is 13.5. The van der Waals surface area contributed by atoms with Crippen LogP contribution in [0.1, 0.15) is 18.4 Å². The monoisotopic (exact) mass is 470 g/mol. The van der Waals surface area contributed by atoms with E-state index in [2.05, 4.69) is 4.98 Å². The first-order chi connectivity index (χ1) is 15.5. The molecule has 7 nitrogen and oxygen atoms in total. The number of hydrogen-bond donors (Lipinski definition) is 0. The van der Waals surface area contributed by atoms with Crippen LogP contribution in [0.4, 0.5) is 0 Å². The van der Waals surface area contributed by atoms with Gasteiger partial charge in [0, 0.05) is 16.7 Å². The molecule has 0 radical (unpaired) electrons. The van der Waals surface area contributed by atoms with Crippen LogP contribution < -0.4 is 11.2 Å². The Hall–Kier alpha value is -2.87. The lowest BCUT2D eigenvalue weighted by Crippen LogP contribution is -2.42. The van der Waals surface area contributed by atoms with Gasteiger partial charge in [0.2, 0.25) is 0 Å². The van der Waals surface area contributed by atoms with Crippen molar-refractivity contribution >= 4 is 34.4 Å². The topological polar surface area (TPSA) is 71.0 Å². The third-order valence-electron chi connectivity index (χ3n) is 5.69. The van der Waals surface area contributed by atoms with E-state index in [9.17, 15) is 9.59 Å². The highest BCUT2D eigenvalue weighted by atomic mass is 35.5. The highest BCUT2D eigenvalue weighted by Gasteiger charge is 2.23. The Kier molecular flexibility index (Phi) is 5.63. The molecular formula is C23H20Cl2N4O3. The van der Waals surface area contributed by atoms with Gasteiger partial charge in [0.05, 0.1) is 31.2 Å². The van der Waals surface area contributed by atoms with Crippen molar-refractivity contribution in [3.8, 4) is 5.69 Å². The normalized spacial score (nSPS) is 16.1. The Morgan fingerprint density at radius 3 is 2.56 bits per heavy atom. The Labute approximate surface area is 193 Å². The number of ether oxygens (including phenoxy) is 1. The molecule has 1 unspecified atom stereocenters. The Bertz CT molecular complexity index is 1400. The third kappa shape index (κ3) is 3.77. The molecule has 2 aromatic heterocycles. The third-order valence-corrected chi connectivity index (χ3v) is 6.31. The molecular weight excluding hydrogens is 451 g/mol. The van der Waals surface area contributed by atoms with Crippen LogP contribution in [-0.4, -0.2) is 31.4 Å². The van der Waals surface area contributed by atoms with Crippen LogP contribution in [0.25, 0.3) is 16.9 Å². The first-order valence-corrected chi connectivity index (χ1v) is 11.1. The summed E-state index contributed by atoms with van der Waals surface area (Å²) in [5.41, 5.74) is 1.20. The first kappa shape index (κ1) is 21.0. The Morgan fingerprint density at radius 2 is 1.84 bits per heavy atom. The van der Waals surface area contributed by atoms with Crippen LogP contribution in [-0.2, 0) is 17.8 Å². The van der Waals surface area contributed by atoms with Crippen LogP contribution >= 0.6 is 23.2 Å². The average molecular weight is 471 g/mol. The standard InChI is InChI=1S/C23H20Cl2N4O3/c24-16-7-9-17(10-8-16)29-21-20(22(30)28(23(29)31)13-18-5-3-11-32-18)27(14-26-21)12-15-4-1-2-6-19(15)25/h1-2,4,6-10,14,18H,3,5,11-13H2. The number of halogens is 2. The molecule has 0 aliphatic carbocycles. The summed E-state index contributed by atoms with van der Waals surface area (Å²) >= 11 is 12.4. The van der Waals surface area contributed by atoms with E-state index in [4.69, 9.17) is 27.9 Å². The molecule has 4 aromatic rings. The molecule has 0 bridgehead atoms. The van der Waals surface area contributed by atoms with Gasteiger partial charge >= 0.3 is 5.69 Å². The number of imidazole rings is 1. The second-order valence-electron chi connectivity index (χ2n) is 7.78. The van der Waals surface area contributed by atoms with Gasteiger partial charge in [-0.15, -0.1) is 0 Å². The van der Waals surface area contributed by atoms with Crippen molar-refractivity contribution in [3.05, 3.63) is 91.3 Å². The maximum Gasteiger partial charge on any atom is 0.337 e. The van der Waals surface area contributed by atoms with Gasteiger partial charge in [-0.05, 0) is 48.7 Å². The molecule has 0 amide bonds. The van der Waals surface area contributed by atoms with Gasteiger partial charge in [0.1, 0.15) is 0 Å². The van der Waals surface area contributed by atoms with Gasteiger partial charge in [-0.2, -0.15) is 0 Å². The molecule has 2 aromatic carbocycles. The number of aromatic nitrogens is 4. The summed E-state index contributed by atoms with van der Waals surface area (Å²) in [7, 11) is 0. The second kappa shape index (κ2) is 8.58. The highest BCUT2D eigenvalue weighted by Crippen LogP contribution is 2.20. The van der Waals surface area contributed by atoms with Crippen molar-refractivity contribution in [1.29, 1.82) is 0 Å². The molecule has 1 saturated heterocycles. The van der Waals surface area contributed by atoms with Crippen molar-refractivity contribution < 1.29 is 4.74 Å². The molecule has 1 aliphatic rings. The van der Waals surface area contributed by atoms with Gasteiger partial charge in [-0.25, -0.2) is 14.3 Å². The predicted molar refractivity (Wildman–Crippen MR) is 124 cm³/mol. The van der Waals surface area contributed by atoms with E-state index in [1.807, 2.05) is 18.2 Å². The number of fused-ring (bicyclic) bond motifs is 1. The minimum atomic E-state index is -0.455. The largest absolute Gasteiger partial charge is 0.376 e. The SMILES string of the molecule is O=c1c2c(ncn2Cc2ccccc2Cl)n(-c2ccc(Cl)cc2)c(=O)n1CC1CCCO1. The summed E-state index contributed by atoms with van der Waals surface area (Å²) in [6.45, 7) is 1.18. The Morgan fingerprint density at radius 1 is 1.06 bits per heavy atom. The number of benzene rings is 2. The molecule has 0 N–H and O–H groups in total. The van der Waals surface area contributed by atoms with E-state index in [0.717, 1.165) is 18.4 Å². The van der Waals surface area contributed by atoms with Crippen LogP contribution in [0.2, 0.25) is 10.0 Å². The molecule has 1 fully saturated rings.